The van der Waals surface area contributed by atoms with Gasteiger partial charge in [0.25, 0.3) is 16.7 Å². The monoisotopic (exact) mass is 2160 g/mol. The summed E-state index contributed by atoms with van der Waals surface area (Å²) >= 11 is 21.8. The number of rotatable bonds is 36. The van der Waals surface area contributed by atoms with Crippen LogP contribution in [0.5, 0.6) is 0 Å². The van der Waals surface area contributed by atoms with Gasteiger partial charge >= 0.3 is 35.0 Å². The minimum Gasteiger partial charge on any atom is -0.481 e. The summed E-state index contributed by atoms with van der Waals surface area (Å²) in [6.07, 6.45) is 10.5. The smallest absolute Gasteiger partial charge is 0.331 e. The molecule has 0 unspecified atom stereocenters. The number of carbonyl (C=O) groups is 3. The quantitative estimate of drug-likeness (QED) is 0.0109. The first-order chi connectivity index (χ1) is 71.9. The third-order valence-corrected chi connectivity index (χ3v) is 30.4. The normalized spacial score (nSPS) is 18.9. The highest BCUT2D eigenvalue weighted by Gasteiger charge is 2.51. The van der Waals surface area contributed by atoms with E-state index < -0.39 is 81.0 Å². The zero-order valence-corrected chi connectivity index (χ0v) is 88.3. The first-order valence-electron chi connectivity index (χ1n) is 51.2. The maximum atomic E-state index is 15.2. The number of carboxylic acids is 1. The van der Waals surface area contributed by atoms with E-state index in [0.717, 1.165) is 95.2 Å². The number of aliphatic carboxylic acids is 1. The Morgan fingerprint density at radius 1 is 0.416 bits per heavy atom. The summed E-state index contributed by atoms with van der Waals surface area (Å²) in [6, 6.07) is 64.8. The van der Waals surface area contributed by atoms with Gasteiger partial charge in [0.1, 0.15) is 34.3 Å². The molecule has 788 valence electrons. The van der Waals surface area contributed by atoms with Crippen LogP contribution < -0.4 is 66.1 Å². The Hall–Kier alpha value is -12.3. The van der Waals surface area contributed by atoms with E-state index >= 15 is 8.78 Å². The van der Waals surface area contributed by atoms with E-state index in [9.17, 15) is 47.5 Å². The largest absolute Gasteiger partial charge is 0.481 e. The second kappa shape index (κ2) is 51.5. The van der Waals surface area contributed by atoms with Gasteiger partial charge in [-0.1, -0.05) is 196 Å². The van der Waals surface area contributed by atoms with Gasteiger partial charge in [-0.2, -0.15) is 0 Å². The molecule has 3 aliphatic carbocycles. The number of aryl methyl sites for hydroxylation is 3. The highest BCUT2D eigenvalue weighted by molar-refractivity contribution is 9.09. The minimum absolute atomic E-state index is 0.000239. The lowest BCUT2D eigenvalue weighted by Gasteiger charge is -2.37. The molecule has 18 rings (SSSR count). The van der Waals surface area contributed by atoms with Gasteiger partial charge in [0, 0.05) is 97.6 Å². The number of carbonyl (C=O) groups excluding carboxylic acids is 2. The summed E-state index contributed by atoms with van der Waals surface area (Å²) in [5.74, 6) is -2.48. The molecule has 0 saturated heterocycles. The van der Waals surface area contributed by atoms with Crippen LogP contribution in [0.1, 0.15) is 231 Å². The average molecular weight is 2160 g/mol. The molecule has 9 aromatic carbocycles. The number of carboxylic acid groups (broad SMARTS) is 1. The number of hydrogen-bond acceptors (Lipinski definition) is 20. The van der Waals surface area contributed by atoms with Crippen molar-refractivity contribution < 1.29 is 56.3 Å². The van der Waals surface area contributed by atoms with Gasteiger partial charge in [-0.05, 0) is 250 Å². The van der Waals surface area contributed by atoms with Gasteiger partial charge in [0.15, 0.2) is 0 Å². The van der Waals surface area contributed by atoms with E-state index in [4.69, 9.17) is 64.6 Å². The van der Waals surface area contributed by atoms with E-state index in [1.807, 2.05) is 197 Å². The van der Waals surface area contributed by atoms with Crippen LogP contribution in [0.25, 0.3) is 0 Å². The molecular formula is C115H129BrCl3F3N12O15. The second-order valence-corrected chi connectivity index (χ2v) is 41.0. The lowest BCUT2D eigenvalue weighted by molar-refractivity contribution is -0.144. The van der Waals surface area contributed by atoms with Gasteiger partial charge in [-0.15, -0.1) is 0 Å². The van der Waals surface area contributed by atoms with Crippen molar-refractivity contribution in [3.63, 3.8) is 0 Å². The van der Waals surface area contributed by atoms with Crippen molar-refractivity contribution in [2.24, 2.45) is 5.73 Å². The Labute approximate surface area is 887 Å². The maximum Gasteiger partial charge on any atom is 0.331 e. The molecule has 3 saturated carbocycles. The van der Waals surface area contributed by atoms with Crippen molar-refractivity contribution in [1.82, 2.24) is 38.0 Å². The number of alkyl halides is 1. The van der Waals surface area contributed by atoms with Crippen LogP contribution in [-0.2, 0) is 114 Å². The molecule has 0 bridgehead atoms. The van der Waals surface area contributed by atoms with Crippen LogP contribution in [0.2, 0.25) is 15.1 Å². The number of nitrogens with one attached hydrogen (secondary N) is 5. The van der Waals surface area contributed by atoms with Gasteiger partial charge in [-0.25, -0.2) is 27.6 Å². The van der Waals surface area contributed by atoms with Crippen LogP contribution in [0, 0.1) is 38.2 Å². The van der Waals surface area contributed by atoms with Crippen LogP contribution in [0.15, 0.2) is 247 Å². The first kappa shape index (κ1) is 111. The molecule has 3 atom stereocenters. The third kappa shape index (κ3) is 27.0. The van der Waals surface area contributed by atoms with E-state index in [-0.39, 0.29) is 113 Å². The standard InChI is InChI=1S/C39H44ClFN4O5.C37H40ClFN4O5.C33H34ClFN4O3.C6H11BrO2/c1-3-49-35(46)16-9-21-42-33(27-11-5-4-6-12-27)24-45-37(47)36-34(44(38(45)48)23-31-26(2)10-7-15-32(31)41)25-50-39(36)19-17-29(18-20-39)43-30-14-8-13-28(40)22-30;1-24-8-5-13-30(39)29(24)21-42-32-23-48-37(17-15-27(16-18-37)41-28-12-6-11-26(38)20-28)34(32)35(46)43(36(42)47)22-31(25-9-3-2-4-10-25)40-19-7-14-33(44)45;1-21-7-5-12-27(35)26(21)18-38-29-20-42-33(15-13-24(14-16-33)37-25-11-6-10-23(34)17-25)30(29)31(40)39(32(38)41)19-28(36)22-8-3-2-4-9-22;1-2-9-6(8)4-3-5-7/h4-8,10-15,22,29,33,42-43H,3,9,16-21,23-25H2,1-2H3;2-6,8-13,20,27,31,40-41H,7,14-19,21-23H2,1H3,(H,44,45);2-12,17,24,28,37H,13-16,18-20,36H2,1H3;2-5H2,1H3/t29?,33-,39?;27?,31-,37?;24?,28-,33?;/m000./s1. The van der Waals surface area contributed by atoms with Crippen LogP contribution in [0.3, 0.4) is 0 Å². The molecule has 3 aliphatic heterocycles. The SMILES string of the molecule is CCOC(=O)CCCBr.CCOC(=O)CCCN[C@@H](Cn1c(=O)c2c(n(Cc3c(C)cccc3F)c1=O)COC21CCC(Nc2cccc(Cl)c2)CC1)c1ccccc1.Cc1cccc(F)c1Cn1c2c(c(=O)n(C[C@H](N)c3ccccc3)c1=O)C1(CCC(Nc3cccc(Cl)c3)CC1)OC2.Cc1cccc(F)c1Cn1c2c(c(=O)n(C[C@H](NCCCC(=O)O)c3ccccc3)c1=O)C1(CCC(Nc3cccc(Cl)c3)CC1)OC2. The summed E-state index contributed by atoms with van der Waals surface area (Å²) in [5.41, 5.74) is 13.0. The number of anilines is 3. The molecule has 3 aromatic heterocycles. The van der Waals surface area contributed by atoms with Crippen LogP contribution in [0.4, 0.5) is 30.2 Å². The molecule has 12 aromatic rings. The molecule has 3 spiro atoms. The van der Waals surface area contributed by atoms with Crippen molar-refractivity contribution in [2.45, 2.75) is 262 Å². The van der Waals surface area contributed by atoms with Crippen molar-refractivity contribution in [3.05, 3.63) is 397 Å². The Bertz CT molecular complexity index is 7030. The van der Waals surface area contributed by atoms with Crippen molar-refractivity contribution >= 4 is 85.7 Å². The molecule has 6 aliphatic rings. The summed E-state index contributed by atoms with van der Waals surface area (Å²) in [6.45, 7) is 10.9. The van der Waals surface area contributed by atoms with Crippen molar-refractivity contribution in [3.8, 4) is 0 Å². The fourth-order valence-electron chi connectivity index (χ4n) is 21.3. The minimum atomic E-state index is -0.892. The van der Waals surface area contributed by atoms with Crippen molar-refractivity contribution in [1.29, 1.82) is 0 Å². The number of nitrogens with zero attached hydrogens (tertiary/aromatic N) is 6. The highest BCUT2D eigenvalue weighted by atomic mass is 79.9. The Morgan fingerprint density at radius 3 is 1.02 bits per heavy atom. The zero-order chi connectivity index (χ0) is 106. The molecule has 149 heavy (non-hydrogen) atoms. The van der Waals surface area contributed by atoms with E-state index in [0.29, 0.717) is 155 Å². The number of halogens is 7. The van der Waals surface area contributed by atoms with Crippen LogP contribution in [-0.4, -0.2) is 100 Å². The number of benzene rings is 9. The molecule has 6 heterocycles. The number of nitrogens with two attached hydrogens (primary N) is 1. The highest BCUT2D eigenvalue weighted by Crippen LogP contribution is 2.50. The summed E-state index contributed by atoms with van der Waals surface area (Å²) in [7, 11) is 0. The Morgan fingerprint density at radius 2 is 0.718 bits per heavy atom. The average Bonchev–Trinajstić information content (AvgIpc) is 1.60. The van der Waals surface area contributed by atoms with Crippen molar-refractivity contribution in [2.75, 3.05) is 47.6 Å². The molecule has 0 radical (unpaired) electrons. The zero-order valence-electron chi connectivity index (χ0n) is 84.4. The molecular weight excluding hydrogens is 2030 g/mol. The number of fused-ring (bicyclic) bond motifs is 6. The third-order valence-electron chi connectivity index (χ3n) is 29.2. The summed E-state index contributed by atoms with van der Waals surface area (Å²) in [5, 5.41) is 29.5. The number of ether oxygens (including phenoxy) is 5. The lowest BCUT2D eigenvalue weighted by atomic mass is 9.78. The number of aromatic nitrogens is 6. The van der Waals surface area contributed by atoms with Crippen LogP contribution >= 0.6 is 50.7 Å². The van der Waals surface area contributed by atoms with Gasteiger partial charge in [0.05, 0.1) is 118 Å². The van der Waals surface area contributed by atoms with Gasteiger partial charge in [-0.3, -0.25) is 56.2 Å². The molecule has 8 N–H and O–H groups in total. The maximum absolute atomic E-state index is 15.2. The second-order valence-electron chi connectivity index (χ2n) is 38.9. The molecule has 3 fully saturated rings. The Kier molecular flexibility index (Phi) is 38.3. The topological polar surface area (TPSA) is 336 Å². The fourth-order valence-corrected chi connectivity index (χ4v) is 22.1. The summed E-state index contributed by atoms with van der Waals surface area (Å²) in [4.78, 5) is 120. The van der Waals surface area contributed by atoms with Gasteiger partial charge in [0.2, 0.25) is 0 Å². The number of esters is 2. The van der Waals surface area contributed by atoms with Gasteiger partial charge < -0.3 is 61.1 Å². The predicted octanol–water partition coefficient (Wildman–Crippen LogP) is 20.1. The lowest BCUT2D eigenvalue weighted by Crippen LogP contribution is -2.48. The van der Waals surface area contributed by atoms with E-state index in [1.165, 1.54) is 45.6 Å². The summed E-state index contributed by atoms with van der Waals surface area (Å²) < 4.78 is 83.0. The van der Waals surface area contributed by atoms with E-state index in [1.54, 1.807) is 38.1 Å². The Balaban J connectivity index is 0.000000161. The molecule has 27 nitrogen and oxygen atoms in total. The van der Waals surface area contributed by atoms with E-state index in [2.05, 4.69) is 47.3 Å². The fraction of sp³-hybridized carbons (Fsp3) is 0.400. The molecule has 34 heteroatoms. The number of hydrogen-bond donors (Lipinski definition) is 7. The first-order valence-corrected chi connectivity index (χ1v) is 53.4. The molecule has 0 amide bonds. The predicted molar refractivity (Wildman–Crippen MR) is 577 cm³/mol.